The van der Waals surface area contributed by atoms with Gasteiger partial charge in [-0.2, -0.15) is 0 Å². The zero-order valence-electron chi connectivity index (χ0n) is 16.6. The minimum atomic E-state index is 0.811. The minimum Gasteiger partial charge on any atom is -0.0874 e. The van der Waals surface area contributed by atoms with Crippen LogP contribution in [0.2, 0.25) is 0 Å². The first-order valence-corrected chi connectivity index (χ1v) is 9.42. The van der Waals surface area contributed by atoms with Crippen molar-refractivity contribution in [2.24, 2.45) is 5.92 Å². The highest BCUT2D eigenvalue weighted by atomic mass is 14.0. The molecule has 25 heavy (non-hydrogen) atoms. The summed E-state index contributed by atoms with van der Waals surface area (Å²) < 4.78 is 0. The fourth-order valence-corrected chi connectivity index (χ4v) is 2.51. The maximum atomic E-state index is 2.27. The summed E-state index contributed by atoms with van der Waals surface area (Å²) in [6, 6.07) is 19.4. The molecule has 0 aromatic heterocycles. The second-order valence-electron chi connectivity index (χ2n) is 6.94. The molecule has 0 amide bonds. The first-order valence-electron chi connectivity index (χ1n) is 9.42. The Balaban J connectivity index is 0.000000251. The highest BCUT2D eigenvalue weighted by Crippen LogP contribution is 2.10. The lowest BCUT2D eigenvalue weighted by molar-refractivity contribution is 0.586. The van der Waals surface area contributed by atoms with Crippen LogP contribution in [0.3, 0.4) is 0 Å². The van der Waals surface area contributed by atoms with Crippen molar-refractivity contribution in [3.05, 3.63) is 95.1 Å². The average molecular weight is 335 g/mol. The molecule has 0 N–H and O–H groups in total. The molecule has 0 aliphatic rings. The van der Waals surface area contributed by atoms with E-state index in [1.54, 1.807) is 0 Å². The second-order valence-corrected chi connectivity index (χ2v) is 6.94. The summed E-state index contributed by atoms with van der Waals surface area (Å²) in [6.07, 6.45) is 9.95. The Bertz CT molecular complexity index is 627. The molecule has 0 heterocycles. The Labute approximate surface area is 155 Å². The number of aryl methyl sites for hydroxylation is 2. The summed E-state index contributed by atoms with van der Waals surface area (Å²) >= 11 is 0. The van der Waals surface area contributed by atoms with Crippen molar-refractivity contribution in [3.8, 4) is 0 Å². The van der Waals surface area contributed by atoms with Gasteiger partial charge in [0.2, 0.25) is 0 Å². The van der Waals surface area contributed by atoms with Crippen LogP contribution in [0.1, 0.15) is 50.8 Å². The molecule has 0 heteroatoms. The van der Waals surface area contributed by atoms with Gasteiger partial charge in [0.1, 0.15) is 0 Å². The van der Waals surface area contributed by atoms with Crippen LogP contribution in [0.25, 0.3) is 0 Å². The summed E-state index contributed by atoms with van der Waals surface area (Å²) in [5, 5.41) is 0. The topological polar surface area (TPSA) is 0 Å². The van der Waals surface area contributed by atoms with Crippen LogP contribution in [0, 0.1) is 12.8 Å². The molecule has 0 bridgehead atoms. The molecule has 0 fully saturated rings. The maximum Gasteiger partial charge on any atom is -0.00292 e. The van der Waals surface area contributed by atoms with E-state index in [0.717, 1.165) is 12.3 Å². The fraction of sp³-hybridized carbons (Fsp3) is 0.360. The zero-order chi connectivity index (χ0) is 18.5. The number of benzene rings is 2. The smallest absolute Gasteiger partial charge is 0.00292 e. The highest BCUT2D eigenvalue weighted by Gasteiger charge is 1.96. The molecule has 0 unspecified atom stereocenters. The van der Waals surface area contributed by atoms with Gasteiger partial charge in [0.05, 0.1) is 0 Å². The van der Waals surface area contributed by atoms with Gasteiger partial charge in [-0.05, 0) is 62.7 Å². The SMILES string of the molecule is C/C=C\C(=C/C)Cc1ccccc1.Cc1ccc(CCC(C)C)cc1. The Kier molecular flexibility index (Phi) is 10.3. The quantitative estimate of drug-likeness (QED) is 0.485. The molecule has 0 saturated carbocycles. The van der Waals surface area contributed by atoms with Crippen LogP contribution in [-0.2, 0) is 12.8 Å². The maximum absolute atomic E-state index is 2.27. The molecular formula is C25H34. The Morgan fingerprint density at radius 3 is 2.04 bits per heavy atom. The van der Waals surface area contributed by atoms with E-state index in [-0.39, 0.29) is 0 Å². The van der Waals surface area contributed by atoms with Gasteiger partial charge in [-0.3, -0.25) is 0 Å². The Hall–Kier alpha value is -2.08. The van der Waals surface area contributed by atoms with Gasteiger partial charge in [0, 0.05) is 0 Å². The lowest BCUT2D eigenvalue weighted by atomic mass is 10.0. The van der Waals surface area contributed by atoms with Crippen LogP contribution in [0.15, 0.2) is 78.4 Å². The molecule has 2 rings (SSSR count). The largest absolute Gasteiger partial charge is 0.0874 e. The van der Waals surface area contributed by atoms with E-state index < -0.39 is 0 Å². The molecule has 0 radical (unpaired) electrons. The third kappa shape index (κ3) is 9.72. The number of allylic oxidation sites excluding steroid dienone is 4. The molecule has 2 aromatic carbocycles. The van der Waals surface area contributed by atoms with Gasteiger partial charge in [0.15, 0.2) is 0 Å². The lowest BCUT2D eigenvalue weighted by Gasteiger charge is -2.04. The monoisotopic (exact) mass is 334 g/mol. The first-order chi connectivity index (χ1) is 12.0. The minimum absolute atomic E-state index is 0.811. The van der Waals surface area contributed by atoms with Crippen molar-refractivity contribution < 1.29 is 0 Å². The predicted molar refractivity (Wildman–Crippen MR) is 113 cm³/mol. The molecule has 134 valence electrons. The fourth-order valence-electron chi connectivity index (χ4n) is 2.51. The molecule has 0 atom stereocenters. The Morgan fingerprint density at radius 2 is 1.52 bits per heavy atom. The lowest BCUT2D eigenvalue weighted by Crippen LogP contribution is -1.91. The van der Waals surface area contributed by atoms with Crippen LogP contribution in [0.4, 0.5) is 0 Å². The normalized spacial score (nSPS) is 11.5. The molecule has 0 saturated heterocycles. The van der Waals surface area contributed by atoms with Crippen molar-refractivity contribution in [1.29, 1.82) is 0 Å². The van der Waals surface area contributed by atoms with Gasteiger partial charge in [-0.25, -0.2) is 0 Å². The van der Waals surface area contributed by atoms with Crippen molar-refractivity contribution in [1.82, 2.24) is 0 Å². The van der Waals surface area contributed by atoms with Crippen molar-refractivity contribution in [3.63, 3.8) is 0 Å². The second kappa shape index (κ2) is 12.3. The van der Waals surface area contributed by atoms with E-state index in [9.17, 15) is 0 Å². The van der Waals surface area contributed by atoms with Crippen LogP contribution < -0.4 is 0 Å². The standard InChI is InChI=1S/C13H16.C12H18/c1-3-8-12(4-2)11-13-9-6-5-7-10-13;1-10(2)4-7-12-8-5-11(3)6-9-12/h3-10H,11H2,1-2H3;5-6,8-10H,4,7H2,1-3H3/b8-3-,12-4+;. The van der Waals surface area contributed by atoms with Crippen LogP contribution >= 0.6 is 0 Å². The van der Waals surface area contributed by atoms with E-state index in [0.29, 0.717) is 0 Å². The van der Waals surface area contributed by atoms with Gasteiger partial charge in [-0.15, -0.1) is 0 Å². The predicted octanol–water partition coefficient (Wildman–Crippen LogP) is 7.34. The molecule has 0 aliphatic heterocycles. The third-order valence-electron chi connectivity index (χ3n) is 4.13. The first kappa shape index (κ1) is 21.0. The van der Waals surface area contributed by atoms with Gasteiger partial charge in [0.25, 0.3) is 0 Å². The van der Waals surface area contributed by atoms with Crippen LogP contribution in [-0.4, -0.2) is 0 Å². The summed E-state index contributed by atoms with van der Waals surface area (Å²) in [7, 11) is 0. The van der Waals surface area contributed by atoms with E-state index in [2.05, 4.69) is 107 Å². The molecule has 2 aromatic rings. The molecular weight excluding hydrogens is 300 g/mol. The number of hydrogen-bond acceptors (Lipinski definition) is 0. The molecule has 0 nitrogen and oxygen atoms in total. The van der Waals surface area contributed by atoms with Gasteiger partial charge in [-0.1, -0.05) is 92.2 Å². The average Bonchev–Trinajstić information content (AvgIpc) is 2.62. The van der Waals surface area contributed by atoms with Gasteiger partial charge < -0.3 is 0 Å². The molecule has 0 spiro atoms. The summed E-state index contributed by atoms with van der Waals surface area (Å²) in [6.45, 7) is 10.8. The summed E-state index contributed by atoms with van der Waals surface area (Å²) in [5.74, 6) is 0.811. The van der Waals surface area contributed by atoms with Gasteiger partial charge >= 0.3 is 0 Å². The van der Waals surface area contributed by atoms with Crippen molar-refractivity contribution >= 4 is 0 Å². The number of hydrogen-bond donors (Lipinski definition) is 0. The third-order valence-corrected chi connectivity index (χ3v) is 4.13. The van der Waals surface area contributed by atoms with Crippen molar-refractivity contribution in [2.75, 3.05) is 0 Å². The summed E-state index contributed by atoms with van der Waals surface area (Å²) in [5.41, 5.74) is 5.56. The molecule has 0 aliphatic carbocycles. The number of rotatable bonds is 6. The summed E-state index contributed by atoms with van der Waals surface area (Å²) in [4.78, 5) is 0. The van der Waals surface area contributed by atoms with Crippen LogP contribution in [0.5, 0.6) is 0 Å². The zero-order valence-corrected chi connectivity index (χ0v) is 16.6. The van der Waals surface area contributed by atoms with Crippen molar-refractivity contribution in [2.45, 2.75) is 53.9 Å². The Morgan fingerprint density at radius 1 is 0.880 bits per heavy atom. The van der Waals surface area contributed by atoms with E-state index in [4.69, 9.17) is 0 Å². The van der Waals surface area contributed by atoms with E-state index in [1.165, 1.54) is 35.1 Å². The highest BCUT2D eigenvalue weighted by molar-refractivity contribution is 5.27. The van der Waals surface area contributed by atoms with E-state index >= 15 is 0 Å². The van der Waals surface area contributed by atoms with E-state index in [1.807, 2.05) is 0 Å².